The zero-order valence-electron chi connectivity index (χ0n) is 16.6. The van der Waals surface area contributed by atoms with Crippen LogP contribution in [0, 0.1) is 6.92 Å². The van der Waals surface area contributed by atoms with Gasteiger partial charge in [-0.1, -0.05) is 6.07 Å². The quantitative estimate of drug-likeness (QED) is 0.781. The van der Waals surface area contributed by atoms with Crippen molar-refractivity contribution in [2.24, 2.45) is 0 Å². The van der Waals surface area contributed by atoms with E-state index in [1.165, 1.54) is 13.0 Å². The maximum atomic E-state index is 13.2. The minimum absolute atomic E-state index is 0.0961. The third kappa shape index (κ3) is 5.29. The first kappa shape index (κ1) is 21.6. The Hall–Kier alpha value is -3.07. The summed E-state index contributed by atoms with van der Waals surface area (Å²) in [5, 5.41) is 4.99. The molecule has 3 rings (SSSR count). The second-order valence-electron chi connectivity index (χ2n) is 7.03. The van der Waals surface area contributed by atoms with Gasteiger partial charge in [0.25, 0.3) is 5.91 Å². The van der Waals surface area contributed by atoms with Crippen molar-refractivity contribution < 1.29 is 27.5 Å². The number of aryl methyl sites for hydroxylation is 1. The molecule has 2 N–H and O–H groups in total. The van der Waals surface area contributed by atoms with Crippen LogP contribution in [-0.4, -0.2) is 38.1 Å². The number of morpholine rings is 1. The van der Waals surface area contributed by atoms with Crippen LogP contribution in [0.2, 0.25) is 0 Å². The monoisotopic (exact) mass is 421 g/mol. The molecule has 0 radical (unpaired) electrons. The van der Waals surface area contributed by atoms with Gasteiger partial charge >= 0.3 is 6.18 Å². The van der Waals surface area contributed by atoms with Crippen molar-refractivity contribution in [1.29, 1.82) is 0 Å². The first-order valence-corrected chi connectivity index (χ1v) is 9.38. The van der Waals surface area contributed by atoms with Crippen LogP contribution in [0.3, 0.4) is 0 Å². The van der Waals surface area contributed by atoms with E-state index in [2.05, 4.69) is 15.5 Å². The lowest BCUT2D eigenvalue weighted by Crippen LogP contribution is -2.36. The average molecular weight is 421 g/mol. The fraction of sp³-hybridized carbons (Fsp3) is 0.333. The molecule has 1 aliphatic heterocycles. The smallest absolute Gasteiger partial charge is 0.378 e. The third-order valence-electron chi connectivity index (χ3n) is 4.69. The number of ether oxygens (including phenoxy) is 1. The number of carbonyl (C=O) groups is 2. The number of rotatable bonds is 4. The number of hydrogen-bond acceptors (Lipinski definition) is 4. The summed E-state index contributed by atoms with van der Waals surface area (Å²) in [5.74, 6) is -1.23. The molecule has 1 saturated heterocycles. The molecular formula is C21H22F3N3O3. The molecule has 6 nitrogen and oxygen atoms in total. The van der Waals surface area contributed by atoms with Gasteiger partial charge < -0.3 is 20.3 Å². The summed E-state index contributed by atoms with van der Waals surface area (Å²) in [6.45, 7) is 5.61. The SMILES string of the molecule is CC(=O)Nc1cc(C(=O)Nc2cc(N3CCOCC3)ccc2C)cc(C(F)(F)F)c1. The number of alkyl halides is 3. The molecule has 9 heteroatoms. The number of nitrogens with one attached hydrogen (secondary N) is 2. The summed E-state index contributed by atoms with van der Waals surface area (Å²) in [6, 6.07) is 8.34. The van der Waals surface area contributed by atoms with Crippen LogP contribution in [0.15, 0.2) is 36.4 Å². The molecule has 0 aliphatic carbocycles. The van der Waals surface area contributed by atoms with Crippen LogP contribution in [-0.2, 0) is 15.7 Å². The molecule has 2 amide bonds. The summed E-state index contributed by atoms with van der Waals surface area (Å²) in [6.07, 6.45) is -4.66. The Balaban J connectivity index is 1.89. The maximum Gasteiger partial charge on any atom is 0.416 e. The van der Waals surface area contributed by atoms with Gasteiger partial charge in [0.05, 0.1) is 18.8 Å². The number of anilines is 3. The summed E-state index contributed by atoms with van der Waals surface area (Å²) in [5.41, 5.74) is 0.850. The van der Waals surface area contributed by atoms with E-state index in [4.69, 9.17) is 4.74 Å². The van der Waals surface area contributed by atoms with Crippen molar-refractivity contribution in [3.8, 4) is 0 Å². The summed E-state index contributed by atoms with van der Waals surface area (Å²) in [7, 11) is 0. The van der Waals surface area contributed by atoms with Gasteiger partial charge in [0.2, 0.25) is 5.91 Å². The van der Waals surface area contributed by atoms with Crippen molar-refractivity contribution in [3.05, 3.63) is 53.1 Å². The molecule has 0 spiro atoms. The average Bonchev–Trinajstić information content (AvgIpc) is 2.69. The molecular weight excluding hydrogens is 399 g/mol. The summed E-state index contributed by atoms with van der Waals surface area (Å²) >= 11 is 0. The van der Waals surface area contributed by atoms with Crippen molar-refractivity contribution in [1.82, 2.24) is 0 Å². The predicted molar refractivity (Wildman–Crippen MR) is 108 cm³/mol. The highest BCUT2D eigenvalue weighted by molar-refractivity contribution is 6.06. The Bertz CT molecular complexity index is 954. The van der Waals surface area contributed by atoms with Crippen LogP contribution >= 0.6 is 0 Å². The predicted octanol–water partition coefficient (Wildman–Crippen LogP) is 4.06. The maximum absolute atomic E-state index is 13.2. The Kier molecular flexibility index (Phi) is 6.31. The van der Waals surface area contributed by atoms with Gasteiger partial charge in [-0.25, -0.2) is 0 Å². The molecule has 0 bridgehead atoms. The van der Waals surface area contributed by atoms with Crippen molar-refractivity contribution in [2.75, 3.05) is 41.8 Å². The van der Waals surface area contributed by atoms with Crippen molar-refractivity contribution in [2.45, 2.75) is 20.0 Å². The molecule has 2 aromatic carbocycles. The van der Waals surface area contributed by atoms with Crippen LogP contribution in [0.5, 0.6) is 0 Å². The third-order valence-corrected chi connectivity index (χ3v) is 4.69. The minimum atomic E-state index is -4.66. The second kappa shape index (κ2) is 8.74. The van der Waals surface area contributed by atoms with Crippen LogP contribution < -0.4 is 15.5 Å². The molecule has 1 aliphatic rings. The summed E-state index contributed by atoms with van der Waals surface area (Å²) < 4.78 is 45.1. The van der Waals surface area contributed by atoms with Crippen LogP contribution in [0.1, 0.15) is 28.4 Å². The number of benzene rings is 2. The fourth-order valence-corrected chi connectivity index (χ4v) is 3.16. The van der Waals surface area contributed by atoms with Crippen LogP contribution in [0.25, 0.3) is 0 Å². The lowest BCUT2D eigenvalue weighted by Gasteiger charge is -2.29. The minimum Gasteiger partial charge on any atom is -0.378 e. The summed E-state index contributed by atoms with van der Waals surface area (Å²) in [4.78, 5) is 26.1. The fourth-order valence-electron chi connectivity index (χ4n) is 3.16. The number of amides is 2. The standard InChI is InChI=1S/C21H22F3N3O3/c1-13-3-4-18(27-5-7-30-8-6-27)12-19(13)26-20(29)15-9-16(21(22,23)24)11-17(10-15)25-14(2)28/h3-4,9-12H,5-8H2,1-2H3,(H,25,28)(H,26,29). The van der Waals surface area contributed by atoms with Gasteiger partial charge in [0.1, 0.15) is 0 Å². The first-order valence-electron chi connectivity index (χ1n) is 9.38. The van der Waals surface area contributed by atoms with Crippen LogP contribution in [0.4, 0.5) is 30.2 Å². The van der Waals surface area contributed by atoms with Gasteiger partial charge in [-0.2, -0.15) is 13.2 Å². The molecule has 160 valence electrons. The van der Waals surface area contributed by atoms with Gasteiger partial charge in [0.15, 0.2) is 0 Å². The van der Waals surface area contributed by atoms with Gasteiger partial charge in [-0.15, -0.1) is 0 Å². The first-order chi connectivity index (χ1) is 14.1. The molecule has 0 aromatic heterocycles. The van der Waals surface area contributed by atoms with Crippen molar-refractivity contribution in [3.63, 3.8) is 0 Å². The highest BCUT2D eigenvalue weighted by Crippen LogP contribution is 2.32. The zero-order chi connectivity index (χ0) is 21.9. The highest BCUT2D eigenvalue weighted by atomic mass is 19.4. The van der Waals surface area contributed by atoms with Crippen molar-refractivity contribution >= 4 is 28.9 Å². The van der Waals surface area contributed by atoms with E-state index in [9.17, 15) is 22.8 Å². The van der Waals surface area contributed by atoms with E-state index in [-0.39, 0.29) is 11.3 Å². The van der Waals surface area contributed by atoms with E-state index in [1.54, 1.807) is 13.0 Å². The molecule has 0 saturated carbocycles. The second-order valence-corrected chi connectivity index (χ2v) is 7.03. The molecule has 2 aromatic rings. The van der Waals surface area contributed by atoms with E-state index in [0.717, 1.165) is 23.4 Å². The zero-order valence-corrected chi connectivity index (χ0v) is 16.6. The largest absolute Gasteiger partial charge is 0.416 e. The Labute approximate surface area is 172 Å². The van der Waals surface area contributed by atoms with E-state index in [0.29, 0.717) is 32.0 Å². The highest BCUT2D eigenvalue weighted by Gasteiger charge is 2.32. The Morgan fingerprint density at radius 3 is 2.37 bits per heavy atom. The lowest BCUT2D eigenvalue weighted by molar-refractivity contribution is -0.137. The van der Waals surface area contributed by atoms with E-state index >= 15 is 0 Å². The number of halogens is 3. The number of hydrogen-bond donors (Lipinski definition) is 2. The van der Waals surface area contributed by atoms with Gasteiger partial charge in [-0.3, -0.25) is 9.59 Å². The molecule has 0 unspecified atom stereocenters. The Morgan fingerprint density at radius 1 is 1.03 bits per heavy atom. The number of carbonyl (C=O) groups excluding carboxylic acids is 2. The van der Waals surface area contributed by atoms with Gasteiger partial charge in [0, 0.05) is 42.6 Å². The Morgan fingerprint density at radius 2 is 1.73 bits per heavy atom. The molecule has 1 fully saturated rings. The molecule has 1 heterocycles. The van der Waals surface area contributed by atoms with E-state index < -0.39 is 23.6 Å². The topological polar surface area (TPSA) is 70.7 Å². The number of nitrogens with zero attached hydrogens (tertiary/aromatic N) is 1. The molecule has 30 heavy (non-hydrogen) atoms. The van der Waals surface area contributed by atoms with E-state index in [1.807, 2.05) is 12.1 Å². The van der Waals surface area contributed by atoms with Gasteiger partial charge in [-0.05, 0) is 42.8 Å². The normalized spacial score (nSPS) is 14.4. The lowest BCUT2D eigenvalue weighted by atomic mass is 10.1. The molecule has 0 atom stereocenters.